The maximum atomic E-state index is 13.4. The van der Waals surface area contributed by atoms with Crippen LogP contribution in [0.3, 0.4) is 0 Å². The number of benzene rings is 3. The molecule has 6 nitrogen and oxygen atoms in total. The van der Waals surface area contributed by atoms with Gasteiger partial charge in [-0.25, -0.2) is 0 Å². The van der Waals surface area contributed by atoms with Gasteiger partial charge in [0.05, 0.1) is 12.0 Å². The second-order valence-corrected chi connectivity index (χ2v) is 9.18. The number of carbonyl (C=O) groups excluding carboxylic acids is 2. The summed E-state index contributed by atoms with van der Waals surface area (Å²) in [5.41, 5.74) is 4.55. The Morgan fingerprint density at radius 3 is 2.35 bits per heavy atom. The van der Waals surface area contributed by atoms with E-state index in [1.807, 2.05) is 48.5 Å². The molecule has 0 aromatic heterocycles. The first kappa shape index (κ1) is 22.2. The summed E-state index contributed by atoms with van der Waals surface area (Å²) in [6.45, 7) is 0.104. The van der Waals surface area contributed by atoms with Crippen LogP contribution in [0, 0.1) is 0 Å². The summed E-state index contributed by atoms with van der Waals surface area (Å²) >= 11 is 0. The van der Waals surface area contributed by atoms with Gasteiger partial charge in [-0.15, -0.1) is 0 Å². The molecule has 5 rings (SSSR count). The largest absolute Gasteiger partial charge is 0.454 e. The fraction of sp³-hybridized carbons (Fsp3) is 0.286. The van der Waals surface area contributed by atoms with E-state index < -0.39 is 5.41 Å². The molecule has 6 heteroatoms. The summed E-state index contributed by atoms with van der Waals surface area (Å²) in [5.74, 6) is 1.53. The molecule has 0 unspecified atom stereocenters. The highest BCUT2D eigenvalue weighted by Gasteiger charge is 2.50. The molecular weight excluding hydrogens is 430 g/mol. The number of carbonyl (C=O) groups is 2. The second-order valence-electron chi connectivity index (χ2n) is 9.18. The lowest BCUT2D eigenvalue weighted by Gasteiger charge is -2.17. The fourth-order valence-corrected chi connectivity index (χ4v) is 4.59. The molecule has 0 bridgehead atoms. The first-order valence-electron chi connectivity index (χ1n) is 11.4. The predicted octanol–water partition coefficient (Wildman–Crippen LogP) is 4.12. The van der Waals surface area contributed by atoms with E-state index in [0.29, 0.717) is 17.7 Å². The molecule has 1 amide bonds. The van der Waals surface area contributed by atoms with E-state index in [2.05, 4.69) is 0 Å². The maximum Gasteiger partial charge on any atom is 0.253 e. The van der Waals surface area contributed by atoms with Crippen molar-refractivity contribution in [2.45, 2.75) is 31.3 Å². The van der Waals surface area contributed by atoms with Crippen molar-refractivity contribution in [3.05, 3.63) is 82.9 Å². The minimum atomic E-state index is -0.467. The number of hydrogen-bond donors (Lipinski definition) is 1. The molecule has 0 saturated heterocycles. The number of ether oxygens (including phenoxy) is 2. The van der Waals surface area contributed by atoms with Crippen LogP contribution in [0.15, 0.2) is 60.7 Å². The molecule has 1 N–H and O–H groups in total. The first-order valence-corrected chi connectivity index (χ1v) is 11.4. The molecule has 0 atom stereocenters. The Hall–Kier alpha value is -3.64. The summed E-state index contributed by atoms with van der Waals surface area (Å²) in [6.07, 6.45) is 1.97. The summed E-state index contributed by atoms with van der Waals surface area (Å²) < 4.78 is 10.9. The maximum absolute atomic E-state index is 13.4. The van der Waals surface area contributed by atoms with Crippen molar-refractivity contribution in [1.82, 2.24) is 4.90 Å². The lowest BCUT2D eigenvalue weighted by Crippen LogP contribution is -2.22. The zero-order valence-corrected chi connectivity index (χ0v) is 19.3. The van der Waals surface area contributed by atoms with Crippen LogP contribution in [-0.2, 0) is 23.2 Å². The van der Waals surface area contributed by atoms with Gasteiger partial charge in [-0.3, -0.25) is 9.59 Å². The van der Waals surface area contributed by atoms with Crippen LogP contribution in [0.4, 0.5) is 0 Å². The van der Waals surface area contributed by atoms with E-state index in [4.69, 9.17) is 9.47 Å². The van der Waals surface area contributed by atoms with Crippen LogP contribution >= 0.6 is 0 Å². The zero-order chi connectivity index (χ0) is 23.9. The van der Waals surface area contributed by atoms with Gasteiger partial charge in [0.1, 0.15) is 5.78 Å². The highest BCUT2D eigenvalue weighted by Crippen LogP contribution is 2.51. The van der Waals surface area contributed by atoms with Gasteiger partial charge < -0.3 is 19.5 Å². The lowest BCUT2D eigenvalue weighted by atomic mass is 9.86. The molecule has 1 aliphatic heterocycles. The van der Waals surface area contributed by atoms with E-state index in [1.165, 1.54) is 4.90 Å². The smallest absolute Gasteiger partial charge is 0.253 e. The molecule has 1 aliphatic carbocycles. The van der Waals surface area contributed by atoms with Crippen molar-refractivity contribution in [2.75, 3.05) is 20.9 Å². The van der Waals surface area contributed by atoms with E-state index in [1.54, 1.807) is 26.2 Å². The second kappa shape index (κ2) is 8.61. The molecule has 3 aromatic rings. The van der Waals surface area contributed by atoms with Gasteiger partial charge in [0.25, 0.3) is 5.91 Å². The zero-order valence-electron chi connectivity index (χ0n) is 19.3. The number of fused-ring (bicyclic) bond motifs is 1. The third-order valence-electron chi connectivity index (χ3n) is 6.77. The number of aliphatic hydroxyl groups is 1. The molecule has 174 valence electrons. The molecular formula is C28H27NO5. The van der Waals surface area contributed by atoms with Crippen LogP contribution in [0.25, 0.3) is 11.1 Å². The minimum Gasteiger partial charge on any atom is -0.454 e. The number of hydrogen-bond acceptors (Lipinski definition) is 5. The highest BCUT2D eigenvalue weighted by molar-refractivity contribution is 5.95. The van der Waals surface area contributed by atoms with Crippen LogP contribution in [0.2, 0.25) is 0 Å². The minimum absolute atomic E-state index is 0.0634. The number of aliphatic hydroxyl groups excluding tert-OH is 1. The predicted molar refractivity (Wildman–Crippen MR) is 128 cm³/mol. The van der Waals surface area contributed by atoms with E-state index in [-0.39, 0.29) is 25.1 Å². The summed E-state index contributed by atoms with van der Waals surface area (Å²) in [4.78, 5) is 27.2. The Morgan fingerprint density at radius 2 is 1.68 bits per heavy atom. The Bertz CT molecular complexity index is 1260. The molecule has 3 aromatic carbocycles. The number of rotatable bonds is 7. The quantitative estimate of drug-likeness (QED) is 0.578. The van der Waals surface area contributed by atoms with Gasteiger partial charge in [0.2, 0.25) is 6.79 Å². The topological polar surface area (TPSA) is 76.1 Å². The lowest BCUT2D eigenvalue weighted by molar-refractivity contribution is -0.120. The Morgan fingerprint density at radius 1 is 0.941 bits per heavy atom. The molecule has 1 saturated carbocycles. The van der Waals surface area contributed by atoms with Gasteiger partial charge in [0, 0.05) is 26.1 Å². The van der Waals surface area contributed by atoms with Crippen molar-refractivity contribution in [2.24, 2.45) is 0 Å². The Kier molecular flexibility index (Phi) is 5.62. The van der Waals surface area contributed by atoms with Gasteiger partial charge in [0.15, 0.2) is 11.5 Å². The van der Waals surface area contributed by atoms with E-state index in [0.717, 1.165) is 46.4 Å². The van der Waals surface area contributed by atoms with Gasteiger partial charge >= 0.3 is 0 Å². The number of nitrogens with zero attached hydrogens (tertiary/aromatic N) is 1. The first-order chi connectivity index (χ1) is 16.4. The Labute approximate surface area is 198 Å². The van der Waals surface area contributed by atoms with E-state index in [9.17, 15) is 14.7 Å². The van der Waals surface area contributed by atoms with Crippen molar-refractivity contribution in [1.29, 1.82) is 0 Å². The molecule has 1 heterocycles. The van der Waals surface area contributed by atoms with Crippen LogP contribution in [-0.4, -0.2) is 42.6 Å². The summed E-state index contributed by atoms with van der Waals surface area (Å²) in [5, 5.41) is 9.88. The van der Waals surface area contributed by atoms with Crippen molar-refractivity contribution in [3.8, 4) is 22.6 Å². The molecule has 1 fully saturated rings. The Balaban J connectivity index is 1.39. The van der Waals surface area contributed by atoms with Crippen molar-refractivity contribution >= 4 is 11.7 Å². The SMILES string of the molecule is CN(C)C(=O)c1ccc(-c2cc(CC(=O)C3(c4ccc5c(c4)OCO5)CC3)ccc2CO)cc1. The monoisotopic (exact) mass is 457 g/mol. The third-order valence-corrected chi connectivity index (χ3v) is 6.77. The normalized spacial score (nSPS) is 15.1. The third kappa shape index (κ3) is 3.94. The number of amides is 1. The average molecular weight is 458 g/mol. The molecule has 34 heavy (non-hydrogen) atoms. The summed E-state index contributed by atoms with van der Waals surface area (Å²) in [6, 6.07) is 18.9. The highest BCUT2D eigenvalue weighted by atomic mass is 16.7. The van der Waals surface area contributed by atoms with Crippen LogP contribution in [0.1, 0.15) is 39.9 Å². The van der Waals surface area contributed by atoms with Gasteiger partial charge in [-0.2, -0.15) is 0 Å². The average Bonchev–Trinajstić information content (AvgIpc) is 3.54. The van der Waals surface area contributed by atoms with E-state index >= 15 is 0 Å². The standard InChI is InChI=1S/C28H27NO5/c1-29(2)27(32)20-7-5-19(6-8-20)23-13-18(3-4-21(23)16-30)14-26(31)28(11-12-28)22-9-10-24-25(15-22)34-17-33-24/h3-10,13,15,30H,11-12,14,16-17H2,1-2H3. The number of Topliss-reactive ketones (excluding diaryl/α,β-unsaturated/α-hetero) is 1. The van der Waals surface area contributed by atoms with Crippen molar-refractivity contribution < 1.29 is 24.2 Å². The summed E-state index contributed by atoms with van der Waals surface area (Å²) in [7, 11) is 3.44. The molecule has 0 spiro atoms. The molecule has 0 radical (unpaired) electrons. The van der Waals surface area contributed by atoms with Gasteiger partial charge in [-0.1, -0.05) is 36.4 Å². The van der Waals surface area contributed by atoms with Crippen LogP contribution in [0.5, 0.6) is 11.5 Å². The fourth-order valence-electron chi connectivity index (χ4n) is 4.59. The number of ketones is 1. The van der Waals surface area contributed by atoms with Gasteiger partial charge in [-0.05, 0) is 64.9 Å². The van der Waals surface area contributed by atoms with Crippen LogP contribution < -0.4 is 9.47 Å². The molecule has 2 aliphatic rings. The van der Waals surface area contributed by atoms with Crippen molar-refractivity contribution in [3.63, 3.8) is 0 Å².